The summed E-state index contributed by atoms with van der Waals surface area (Å²) in [6, 6.07) is 6.74. The Hall–Kier alpha value is -1.56. The van der Waals surface area contributed by atoms with Crippen LogP contribution in [0.2, 0.25) is 0 Å². The first-order chi connectivity index (χ1) is 6.31. The van der Waals surface area contributed by atoms with Gasteiger partial charge in [0.25, 0.3) is 0 Å². The molecule has 0 saturated heterocycles. The molecule has 2 rings (SSSR count). The average molecular weight is 176 g/mol. The first-order valence-electron chi connectivity index (χ1n) is 4.24. The molecule has 0 radical (unpaired) electrons. The highest BCUT2D eigenvalue weighted by Gasteiger charge is 2.19. The van der Waals surface area contributed by atoms with E-state index in [2.05, 4.69) is 11.4 Å². The van der Waals surface area contributed by atoms with Gasteiger partial charge in [-0.2, -0.15) is 5.26 Å². The molecule has 1 aliphatic rings. The largest absolute Gasteiger partial charge is 0.385 e. The van der Waals surface area contributed by atoms with Crippen LogP contribution < -0.4 is 5.32 Å². The van der Waals surface area contributed by atoms with Crippen LogP contribution in [0.1, 0.15) is 17.9 Å². The third-order valence-corrected chi connectivity index (χ3v) is 2.30. The SMILES string of the molecule is N#CC1CCNc2cc(F)ccc21. The Balaban J connectivity index is 2.47. The number of nitrogens with one attached hydrogen (secondary N) is 1. The standard InChI is InChI=1S/C10H9FN2/c11-8-1-2-9-7(6-12)3-4-13-10(9)5-8/h1-2,5,7,13H,3-4H2. The van der Waals surface area contributed by atoms with E-state index >= 15 is 0 Å². The van der Waals surface area contributed by atoms with Gasteiger partial charge in [-0.05, 0) is 24.1 Å². The van der Waals surface area contributed by atoms with Gasteiger partial charge in [-0.15, -0.1) is 0 Å². The molecular formula is C10H9FN2. The molecule has 3 heteroatoms. The molecule has 2 nitrogen and oxygen atoms in total. The fourth-order valence-electron chi connectivity index (χ4n) is 1.63. The maximum absolute atomic E-state index is 12.8. The Kier molecular flexibility index (Phi) is 1.90. The molecule has 1 N–H and O–H groups in total. The first-order valence-corrected chi connectivity index (χ1v) is 4.24. The second kappa shape index (κ2) is 3.06. The number of nitrogens with zero attached hydrogens (tertiary/aromatic N) is 1. The summed E-state index contributed by atoms with van der Waals surface area (Å²) in [5.41, 5.74) is 1.67. The second-order valence-electron chi connectivity index (χ2n) is 3.13. The molecule has 66 valence electrons. The fraction of sp³-hybridized carbons (Fsp3) is 0.300. The smallest absolute Gasteiger partial charge is 0.125 e. The molecule has 1 aliphatic heterocycles. The zero-order valence-corrected chi connectivity index (χ0v) is 7.05. The van der Waals surface area contributed by atoms with Crippen molar-refractivity contribution >= 4 is 5.69 Å². The minimum Gasteiger partial charge on any atom is -0.385 e. The molecule has 1 aromatic rings. The van der Waals surface area contributed by atoms with Gasteiger partial charge in [-0.1, -0.05) is 6.07 Å². The summed E-state index contributed by atoms with van der Waals surface area (Å²) in [4.78, 5) is 0. The van der Waals surface area contributed by atoms with Crippen LogP contribution in [0.25, 0.3) is 0 Å². The van der Waals surface area contributed by atoms with Crippen LogP contribution in [0.5, 0.6) is 0 Å². The molecule has 0 bridgehead atoms. The van der Waals surface area contributed by atoms with Crippen molar-refractivity contribution in [2.24, 2.45) is 0 Å². The molecule has 1 aromatic carbocycles. The number of anilines is 1. The van der Waals surface area contributed by atoms with Crippen LogP contribution in [-0.4, -0.2) is 6.54 Å². The molecule has 0 saturated carbocycles. The van der Waals surface area contributed by atoms with Gasteiger partial charge in [0.15, 0.2) is 0 Å². The van der Waals surface area contributed by atoms with Crippen molar-refractivity contribution in [3.8, 4) is 6.07 Å². The molecule has 0 fully saturated rings. The summed E-state index contributed by atoms with van der Waals surface area (Å²) in [7, 11) is 0. The molecule has 0 amide bonds. The molecule has 0 aliphatic carbocycles. The Labute approximate surface area is 76.0 Å². The maximum Gasteiger partial charge on any atom is 0.125 e. The van der Waals surface area contributed by atoms with Crippen LogP contribution in [0.3, 0.4) is 0 Å². The minimum atomic E-state index is -0.259. The number of rotatable bonds is 0. The van der Waals surface area contributed by atoms with E-state index in [0.29, 0.717) is 0 Å². The van der Waals surface area contributed by atoms with E-state index in [1.165, 1.54) is 12.1 Å². The summed E-state index contributed by atoms with van der Waals surface area (Å²) in [6.07, 6.45) is 0.801. The van der Waals surface area contributed by atoms with Crippen molar-refractivity contribution in [1.29, 1.82) is 5.26 Å². The van der Waals surface area contributed by atoms with Crippen molar-refractivity contribution < 1.29 is 4.39 Å². The lowest BCUT2D eigenvalue weighted by Crippen LogP contribution is -2.15. The van der Waals surface area contributed by atoms with Gasteiger partial charge >= 0.3 is 0 Å². The first kappa shape index (κ1) is 8.06. The molecule has 1 unspecified atom stereocenters. The highest BCUT2D eigenvalue weighted by Crippen LogP contribution is 2.31. The van der Waals surface area contributed by atoms with Gasteiger partial charge in [0.1, 0.15) is 5.82 Å². The number of halogens is 1. The van der Waals surface area contributed by atoms with Gasteiger partial charge in [-0.25, -0.2) is 4.39 Å². The van der Waals surface area contributed by atoms with E-state index in [9.17, 15) is 4.39 Å². The van der Waals surface area contributed by atoms with Gasteiger partial charge in [-0.3, -0.25) is 0 Å². The summed E-state index contributed by atoms with van der Waals surface area (Å²) < 4.78 is 12.8. The number of nitriles is 1. The topological polar surface area (TPSA) is 35.8 Å². The van der Waals surface area contributed by atoms with Gasteiger partial charge in [0.05, 0.1) is 12.0 Å². The van der Waals surface area contributed by atoms with Gasteiger partial charge < -0.3 is 5.32 Å². The number of hydrogen-bond donors (Lipinski definition) is 1. The van der Waals surface area contributed by atoms with E-state index in [1.54, 1.807) is 6.07 Å². The molecule has 13 heavy (non-hydrogen) atoms. The monoisotopic (exact) mass is 176 g/mol. The van der Waals surface area contributed by atoms with Crippen LogP contribution in [0.15, 0.2) is 18.2 Å². The zero-order valence-electron chi connectivity index (χ0n) is 7.05. The number of benzene rings is 1. The lowest BCUT2D eigenvalue weighted by Gasteiger charge is -2.21. The molecule has 1 heterocycles. The Bertz CT molecular complexity index is 368. The quantitative estimate of drug-likeness (QED) is 0.658. The normalized spacial score (nSPS) is 19.8. The Morgan fingerprint density at radius 3 is 3.15 bits per heavy atom. The lowest BCUT2D eigenvalue weighted by molar-refractivity contribution is 0.624. The van der Waals surface area contributed by atoms with Crippen molar-refractivity contribution in [2.45, 2.75) is 12.3 Å². The van der Waals surface area contributed by atoms with Crippen molar-refractivity contribution in [3.05, 3.63) is 29.6 Å². The summed E-state index contributed by atoms with van der Waals surface area (Å²) >= 11 is 0. The van der Waals surface area contributed by atoms with Crippen LogP contribution in [0.4, 0.5) is 10.1 Å². The predicted octanol–water partition coefficient (Wildman–Crippen LogP) is 2.25. The second-order valence-corrected chi connectivity index (χ2v) is 3.13. The van der Waals surface area contributed by atoms with E-state index in [4.69, 9.17) is 5.26 Å². The third-order valence-electron chi connectivity index (χ3n) is 2.30. The zero-order chi connectivity index (χ0) is 9.26. The molecular weight excluding hydrogens is 167 g/mol. The van der Waals surface area contributed by atoms with Crippen molar-refractivity contribution in [3.63, 3.8) is 0 Å². The third kappa shape index (κ3) is 1.35. The molecule has 0 spiro atoms. The Morgan fingerprint density at radius 1 is 1.54 bits per heavy atom. The van der Waals surface area contributed by atoms with Gasteiger partial charge in [0.2, 0.25) is 0 Å². The highest BCUT2D eigenvalue weighted by molar-refractivity contribution is 5.56. The van der Waals surface area contributed by atoms with E-state index in [-0.39, 0.29) is 11.7 Å². The number of hydrogen-bond acceptors (Lipinski definition) is 2. The number of fused-ring (bicyclic) bond motifs is 1. The van der Waals surface area contributed by atoms with Crippen LogP contribution in [-0.2, 0) is 0 Å². The van der Waals surface area contributed by atoms with Gasteiger partial charge in [0, 0.05) is 12.2 Å². The summed E-state index contributed by atoms with van der Waals surface area (Å²) in [5, 5.41) is 11.9. The lowest BCUT2D eigenvalue weighted by atomic mass is 9.92. The molecule has 1 atom stereocenters. The van der Waals surface area contributed by atoms with E-state index < -0.39 is 0 Å². The Morgan fingerprint density at radius 2 is 2.38 bits per heavy atom. The summed E-state index contributed by atoms with van der Waals surface area (Å²) in [5.74, 6) is -0.346. The van der Waals surface area contributed by atoms with Crippen LogP contribution in [0, 0.1) is 17.1 Å². The predicted molar refractivity (Wildman–Crippen MR) is 47.9 cm³/mol. The molecule has 0 aromatic heterocycles. The maximum atomic E-state index is 12.8. The fourth-order valence-corrected chi connectivity index (χ4v) is 1.63. The van der Waals surface area contributed by atoms with Crippen molar-refractivity contribution in [2.75, 3.05) is 11.9 Å². The van der Waals surface area contributed by atoms with E-state index in [0.717, 1.165) is 24.2 Å². The van der Waals surface area contributed by atoms with Crippen molar-refractivity contribution in [1.82, 2.24) is 0 Å². The van der Waals surface area contributed by atoms with Crippen LogP contribution >= 0.6 is 0 Å². The average Bonchev–Trinajstić information content (AvgIpc) is 2.16. The summed E-state index contributed by atoms with van der Waals surface area (Å²) in [6.45, 7) is 0.745. The van der Waals surface area contributed by atoms with E-state index in [1.807, 2.05) is 0 Å². The highest BCUT2D eigenvalue weighted by atomic mass is 19.1. The minimum absolute atomic E-state index is 0.0863.